The lowest BCUT2D eigenvalue weighted by atomic mass is 9.70. The van der Waals surface area contributed by atoms with E-state index in [4.69, 9.17) is 21.1 Å². The molecule has 3 aliphatic heterocycles. The largest absolute Gasteiger partial charge is 0.465 e. The molecule has 8 nitrogen and oxygen atoms in total. The van der Waals surface area contributed by atoms with Crippen LogP contribution in [0.25, 0.3) is 0 Å². The maximum Gasteiger partial charge on any atom is 0.312 e. The van der Waals surface area contributed by atoms with Gasteiger partial charge in [0.25, 0.3) is 5.91 Å². The van der Waals surface area contributed by atoms with Gasteiger partial charge in [-0.2, -0.15) is 0 Å². The van der Waals surface area contributed by atoms with Crippen molar-refractivity contribution in [3.63, 3.8) is 0 Å². The van der Waals surface area contributed by atoms with E-state index in [0.29, 0.717) is 36.4 Å². The van der Waals surface area contributed by atoms with Gasteiger partial charge in [-0.05, 0) is 50.7 Å². The molecule has 3 heterocycles. The number of ether oxygens (including phenoxy) is 2. The van der Waals surface area contributed by atoms with Crippen LogP contribution in [0.3, 0.4) is 0 Å². The monoisotopic (exact) mass is 622 g/mol. The van der Waals surface area contributed by atoms with Crippen LogP contribution in [0, 0.1) is 11.8 Å². The highest BCUT2D eigenvalue weighted by atomic mass is 79.9. The molecule has 1 aromatic rings. The van der Waals surface area contributed by atoms with Gasteiger partial charge in [0.2, 0.25) is 5.91 Å². The molecule has 3 fully saturated rings. The van der Waals surface area contributed by atoms with Gasteiger partial charge in [-0.25, -0.2) is 0 Å². The first-order valence-corrected chi connectivity index (χ1v) is 14.8. The third-order valence-corrected chi connectivity index (χ3v) is 9.03. The van der Waals surface area contributed by atoms with Gasteiger partial charge in [0.1, 0.15) is 11.6 Å². The number of aliphatic hydroxyl groups is 1. The number of carbonyl (C=O) groups is 3. The summed E-state index contributed by atoms with van der Waals surface area (Å²) in [5.74, 6) is -2.76. The van der Waals surface area contributed by atoms with Crippen molar-refractivity contribution >= 4 is 51.0 Å². The van der Waals surface area contributed by atoms with Crippen molar-refractivity contribution in [2.75, 3.05) is 31.2 Å². The number of carbonyl (C=O) groups excluding carboxylic acids is 3. The van der Waals surface area contributed by atoms with Crippen LogP contribution in [0.4, 0.5) is 5.69 Å². The zero-order valence-electron chi connectivity index (χ0n) is 22.0. The Labute approximate surface area is 243 Å². The number of hydrogen-bond donors (Lipinski definition) is 1. The molecule has 212 valence electrons. The van der Waals surface area contributed by atoms with Crippen molar-refractivity contribution < 1.29 is 29.0 Å². The molecule has 0 aliphatic carbocycles. The maximum absolute atomic E-state index is 14.4. The number of rotatable bonds is 14. The maximum atomic E-state index is 14.4. The quantitative estimate of drug-likeness (QED) is 0.144. The number of benzene rings is 1. The van der Waals surface area contributed by atoms with Crippen LogP contribution in [-0.4, -0.2) is 76.7 Å². The first kappa shape index (κ1) is 29.8. The van der Waals surface area contributed by atoms with Crippen LogP contribution in [0.2, 0.25) is 5.02 Å². The summed E-state index contributed by atoms with van der Waals surface area (Å²) in [6, 6.07) is 6.05. The SMILES string of the molecule is C=CCCCCOC(=O)[C@H]1[C@@H]2OC3(CC2Br)C(C(=O)N(CC=C)c2ccccc2Cl)N(CCCCO)C(=O)[C@H]13. The van der Waals surface area contributed by atoms with E-state index in [1.165, 1.54) is 4.90 Å². The number of anilines is 1. The lowest BCUT2D eigenvalue weighted by Crippen LogP contribution is -2.57. The fraction of sp³-hybridized carbons (Fsp3) is 0.552. The zero-order valence-corrected chi connectivity index (χ0v) is 24.3. The molecule has 0 radical (unpaired) electrons. The summed E-state index contributed by atoms with van der Waals surface area (Å²) in [7, 11) is 0. The van der Waals surface area contributed by atoms with E-state index >= 15 is 0 Å². The summed E-state index contributed by atoms with van der Waals surface area (Å²) in [4.78, 5) is 44.7. The number of allylic oxidation sites excluding steroid dienone is 1. The fourth-order valence-corrected chi connectivity index (χ4v) is 7.41. The minimum absolute atomic E-state index is 0.0275. The van der Waals surface area contributed by atoms with Crippen LogP contribution in [0.15, 0.2) is 49.6 Å². The predicted octanol–water partition coefficient (Wildman–Crippen LogP) is 4.28. The van der Waals surface area contributed by atoms with Crippen LogP contribution >= 0.6 is 27.5 Å². The van der Waals surface area contributed by atoms with E-state index in [2.05, 4.69) is 29.1 Å². The smallest absolute Gasteiger partial charge is 0.312 e. The van der Waals surface area contributed by atoms with Crippen molar-refractivity contribution in [3.8, 4) is 0 Å². The molecular weight excluding hydrogens is 588 g/mol. The summed E-state index contributed by atoms with van der Waals surface area (Å²) >= 11 is 10.2. The zero-order chi connectivity index (χ0) is 28.2. The summed E-state index contributed by atoms with van der Waals surface area (Å²) in [6.07, 6.45) is 6.60. The summed E-state index contributed by atoms with van der Waals surface area (Å²) < 4.78 is 12.2. The van der Waals surface area contributed by atoms with Crippen LogP contribution in [-0.2, 0) is 23.9 Å². The average molecular weight is 624 g/mol. The van der Waals surface area contributed by atoms with Crippen LogP contribution in [0.1, 0.15) is 38.5 Å². The highest BCUT2D eigenvalue weighted by Gasteiger charge is 2.77. The molecule has 39 heavy (non-hydrogen) atoms. The summed E-state index contributed by atoms with van der Waals surface area (Å²) in [5.41, 5.74) is -0.690. The number of esters is 1. The number of likely N-dealkylation sites (tertiary alicyclic amines) is 1. The third-order valence-electron chi connectivity index (χ3n) is 7.87. The molecule has 0 aromatic heterocycles. The van der Waals surface area contributed by atoms with Crippen LogP contribution < -0.4 is 4.90 Å². The molecule has 2 bridgehead atoms. The molecular formula is C29H36BrClN2O6. The first-order valence-electron chi connectivity index (χ1n) is 13.5. The Balaban J connectivity index is 1.69. The number of nitrogens with zero attached hydrogens (tertiary/aromatic N) is 2. The van der Waals surface area contributed by atoms with Crippen molar-refractivity contribution in [3.05, 3.63) is 54.6 Å². The molecule has 3 aliphatic rings. The van der Waals surface area contributed by atoms with Gasteiger partial charge in [-0.3, -0.25) is 14.4 Å². The predicted molar refractivity (Wildman–Crippen MR) is 153 cm³/mol. The molecule has 1 spiro atoms. The number of aliphatic hydroxyl groups excluding tert-OH is 1. The lowest BCUT2D eigenvalue weighted by molar-refractivity contribution is -0.155. The molecule has 1 aromatic carbocycles. The number of unbranched alkanes of at least 4 members (excludes halogenated alkanes) is 3. The Hall–Kier alpha value is -2.20. The van der Waals surface area contributed by atoms with E-state index in [1.54, 1.807) is 35.2 Å². The van der Waals surface area contributed by atoms with Gasteiger partial charge >= 0.3 is 5.97 Å². The lowest BCUT2D eigenvalue weighted by Gasteiger charge is -2.37. The summed E-state index contributed by atoms with van der Waals surface area (Å²) in [5, 5.41) is 9.76. The van der Waals surface area contributed by atoms with E-state index in [9.17, 15) is 19.5 Å². The van der Waals surface area contributed by atoms with Crippen molar-refractivity contribution in [1.29, 1.82) is 0 Å². The van der Waals surface area contributed by atoms with E-state index in [0.717, 1.165) is 12.8 Å². The minimum Gasteiger partial charge on any atom is -0.465 e. The molecule has 4 rings (SSSR count). The van der Waals surface area contributed by atoms with Gasteiger partial charge in [0.15, 0.2) is 0 Å². The number of halogens is 2. The highest BCUT2D eigenvalue weighted by Crippen LogP contribution is 2.60. The minimum atomic E-state index is -1.20. The molecule has 3 unspecified atom stereocenters. The fourth-order valence-electron chi connectivity index (χ4n) is 6.23. The third kappa shape index (κ3) is 5.56. The van der Waals surface area contributed by atoms with Crippen molar-refractivity contribution in [2.24, 2.45) is 11.8 Å². The Kier molecular flexibility index (Phi) is 9.91. The topological polar surface area (TPSA) is 96.4 Å². The van der Waals surface area contributed by atoms with E-state index in [-0.39, 0.29) is 42.9 Å². The average Bonchev–Trinajstić information content (AvgIpc) is 3.51. The van der Waals surface area contributed by atoms with Crippen LogP contribution in [0.5, 0.6) is 0 Å². The number of para-hydroxylation sites is 1. The van der Waals surface area contributed by atoms with Crippen molar-refractivity contribution in [2.45, 2.75) is 61.1 Å². The second-order valence-electron chi connectivity index (χ2n) is 10.3. The first-order chi connectivity index (χ1) is 18.8. The second-order valence-corrected chi connectivity index (χ2v) is 11.9. The Morgan fingerprint density at radius 3 is 2.69 bits per heavy atom. The second kappa shape index (κ2) is 13.0. The molecule has 6 atom stereocenters. The normalized spacial score (nSPS) is 28.8. The summed E-state index contributed by atoms with van der Waals surface area (Å²) in [6.45, 7) is 8.17. The van der Waals surface area contributed by atoms with Gasteiger partial charge < -0.3 is 24.4 Å². The number of alkyl halides is 1. The van der Waals surface area contributed by atoms with Gasteiger partial charge in [0.05, 0.1) is 35.3 Å². The molecule has 3 saturated heterocycles. The molecule has 2 amide bonds. The number of amides is 2. The Bertz CT molecular complexity index is 1100. The van der Waals surface area contributed by atoms with E-state index < -0.39 is 35.6 Å². The van der Waals surface area contributed by atoms with E-state index in [1.807, 2.05) is 6.08 Å². The Morgan fingerprint density at radius 1 is 1.23 bits per heavy atom. The standard InChI is InChI=1S/C29H36BrClN2O6/c1-3-5-6-11-17-38-28(37)22-23-26(35)33(15-9-10-16-34)25(29(23)18-19(30)24(22)39-29)27(36)32(14-4-2)21-13-8-7-12-20(21)31/h3-4,7-8,12-13,19,22-25,34H,1-2,5-6,9-11,14-18H2/t19?,22-,23+,24-,25?,29?/m1/s1. The number of fused-ring (bicyclic) bond motifs is 1. The molecule has 10 heteroatoms. The molecule has 1 N–H and O–H groups in total. The van der Waals surface area contributed by atoms with Gasteiger partial charge in [0, 0.05) is 24.5 Å². The Morgan fingerprint density at radius 2 is 2.00 bits per heavy atom. The highest BCUT2D eigenvalue weighted by molar-refractivity contribution is 9.09. The number of hydrogen-bond acceptors (Lipinski definition) is 6. The van der Waals surface area contributed by atoms with Gasteiger partial charge in [-0.1, -0.05) is 51.8 Å². The van der Waals surface area contributed by atoms with Gasteiger partial charge in [-0.15, -0.1) is 13.2 Å². The van der Waals surface area contributed by atoms with Crippen molar-refractivity contribution in [1.82, 2.24) is 4.90 Å². The molecule has 0 saturated carbocycles.